The quantitative estimate of drug-likeness (QED) is 0.506. The summed E-state index contributed by atoms with van der Waals surface area (Å²) in [5.41, 5.74) is 2.01. The molecule has 0 unspecified atom stereocenters. The van der Waals surface area contributed by atoms with E-state index in [0.29, 0.717) is 25.5 Å². The Balaban J connectivity index is 1.31. The Labute approximate surface area is 141 Å². The van der Waals surface area contributed by atoms with Crippen molar-refractivity contribution < 1.29 is 9.59 Å². The molecule has 6 heteroatoms. The average Bonchev–Trinajstić information content (AvgIpc) is 3.23. The molecule has 2 aliphatic carbocycles. The van der Waals surface area contributed by atoms with Crippen molar-refractivity contribution in [2.24, 2.45) is 23.7 Å². The van der Waals surface area contributed by atoms with Gasteiger partial charge in [-0.1, -0.05) is 12.2 Å². The summed E-state index contributed by atoms with van der Waals surface area (Å²) in [4.78, 5) is 35.2. The number of hydrogen-bond acceptors (Lipinski definition) is 5. The molecule has 6 nitrogen and oxygen atoms in total. The molecule has 4 rings (SSSR count). The van der Waals surface area contributed by atoms with Gasteiger partial charge in [-0.05, 0) is 44.1 Å². The highest BCUT2D eigenvalue weighted by molar-refractivity contribution is 6.06. The Morgan fingerprint density at radius 3 is 2.46 bits per heavy atom. The monoisotopic (exact) mass is 326 g/mol. The molecule has 1 N–H and O–H groups in total. The highest BCUT2D eigenvalue weighted by Gasteiger charge is 2.58. The van der Waals surface area contributed by atoms with Gasteiger partial charge in [0.05, 0.1) is 11.8 Å². The largest absolute Gasteiger partial charge is 0.354 e. The number of amides is 2. The number of likely N-dealkylation sites (tertiary alicyclic amines) is 1. The molecule has 0 spiro atoms. The fraction of sp³-hybridized carbons (Fsp3) is 0.556. The molecule has 2 amide bonds. The lowest BCUT2D eigenvalue weighted by Crippen LogP contribution is -2.34. The van der Waals surface area contributed by atoms with E-state index in [9.17, 15) is 9.59 Å². The van der Waals surface area contributed by atoms with Crippen molar-refractivity contribution in [2.75, 3.05) is 18.4 Å². The number of carbonyl (C=O) groups excluding carboxylic acids is 2. The van der Waals surface area contributed by atoms with Gasteiger partial charge in [-0.15, -0.1) is 0 Å². The number of aryl methyl sites for hydroxylation is 2. The van der Waals surface area contributed by atoms with Crippen LogP contribution in [0.25, 0.3) is 0 Å². The number of hydrogen-bond donors (Lipinski definition) is 1. The molecule has 2 heterocycles. The standard InChI is InChI=1S/C18H22N4O2/c1-10-9-20-18(21-11(10)2)19-6-3-7-22-16(23)14-12-4-5-13(8-12)15(14)17(22)24/h4-5,9,12-15H,3,6-8H2,1-2H3,(H,19,20,21)/t12-,13-,14-,15+/m0/s1. The van der Waals surface area contributed by atoms with Crippen LogP contribution in [0.4, 0.5) is 5.95 Å². The number of allylic oxidation sites excluding steroid dienone is 2. The van der Waals surface area contributed by atoms with Gasteiger partial charge in [0.25, 0.3) is 0 Å². The zero-order valence-corrected chi connectivity index (χ0v) is 14.0. The molecule has 1 aliphatic heterocycles. The van der Waals surface area contributed by atoms with Crippen molar-refractivity contribution in [3.63, 3.8) is 0 Å². The van der Waals surface area contributed by atoms with E-state index in [1.165, 1.54) is 4.90 Å². The number of imide groups is 1. The number of nitrogens with zero attached hydrogens (tertiary/aromatic N) is 3. The summed E-state index contributed by atoms with van der Waals surface area (Å²) >= 11 is 0. The van der Waals surface area contributed by atoms with Gasteiger partial charge >= 0.3 is 0 Å². The molecule has 1 aromatic rings. The lowest BCUT2D eigenvalue weighted by molar-refractivity contribution is -0.140. The van der Waals surface area contributed by atoms with Crippen LogP contribution in [0.5, 0.6) is 0 Å². The number of anilines is 1. The second-order valence-electron chi connectivity index (χ2n) is 7.07. The summed E-state index contributed by atoms with van der Waals surface area (Å²) in [6, 6.07) is 0. The highest BCUT2D eigenvalue weighted by Crippen LogP contribution is 2.52. The van der Waals surface area contributed by atoms with Gasteiger partial charge in [0.1, 0.15) is 0 Å². The fourth-order valence-corrected chi connectivity index (χ4v) is 4.23. The molecule has 3 aliphatic rings. The van der Waals surface area contributed by atoms with Gasteiger partial charge in [-0.25, -0.2) is 9.97 Å². The summed E-state index contributed by atoms with van der Waals surface area (Å²) in [6.45, 7) is 5.04. The summed E-state index contributed by atoms with van der Waals surface area (Å²) in [7, 11) is 0. The highest BCUT2D eigenvalue weighted by atomic mass is 16.2. The lowest BCUT2D eigenvalue weighted by atomic mass is 9.85. The van der Waals surface area contributed by atoms with E-state index in [1.807, 2.05) is 13.8 Å². The Morgan fingerprint density at radius 1 is 1.17 bits per heavy atom. The van der Waals surface area contributed by atoms with Crippen molar-refractivity contribution in [3.8, 4) is 0 Å². The third-order valence-electron chi connectivity index (χ3n) is 5.63. The first kappa shape index (κ1) is 15.3. The predicted octanol–water partition coefficient (Wildman–Crippen LogP) is 1.70. The first-order chi connectivity index (χ1) is 11.6. The van der Waals surface area contributed by atoms with Crippen LogP contribution < -0.4 is 5.32 Å². The van der Waals surface area contributed by atoms with Crippen molar-refractivity contribution >= 4 is 17.8 Å². The van der Waals surface area contributed by atoms with Gasteiger partial charge in [0, 0.05) is 25.0 Å². The Kier molecular flexibility index (Phi) is 3.62. The zero-order chi connectivity index (χ0) is 16.8. The van der Waals surface area contributed by atoms with Crippen LogP contribution in [0.3, 0.4) is 0 Å². The number of rotatable bonds is 5. The zero-order valence-electron chi connectivity index (χ0n) is 14.0. The smallest absolute Gasteiger partial charge is 0.233 e. The molecule has 4 atom stereocenters. The Hall–Kier alpha value is -2.24. The first-order valence-electron chi connectivity index (χ1n) is 8.64. The fourth-order valence-electron chi connectivity index (χ4n) is 4.23. The molecule has 2 fully saturated rings. The van der Waals surface area contributed by atoms with Crippen LogP contribution in [0.1, 0.15) is 24.1 Å². The van der Waals surface area contributed by atoms with E-state index in [0.717, 1.165) is 17.7 Å². The second-order valence-corrected chi connectivity index (χ2v) is 7.07. The van der Waals surface area contributed by atoms with Crippen LogP contribution >= 0.6 is 0 Å². The summed E-state index contributed by atoms with van der Waals surface area (Å²) in [5, 5.41) is 3.16. The van der Waals surface area contributed by atoms with Gasteiger partial charge in [-0.3, -0.25) is 14.5 Å². The predicted molar refractivity (Wildman–Crippen MR) is 89.0 cm³/mol. The van der Waals surface area contributed by atoms with Crippen molar-refractivity contribution in [1.29, 1.82) is 0 Å². The van der Waals surface area contributed by atoms with Gasteiger partial charge in [0.2, 0.25) is 17.8 Å². The number of carbonyl (C=O) groups is 2. The van der Waals surface area contributed by atoms with E-state index in [4.69, 9.17) is 0 Å². The van der Waals surface area contributed by atoms with Crippen molar-refractivity contribution in [2.45, 2.75) is 26.7 Å². The van der Waals surface area contributed by atoms with Crippen LogP contribution in [0.2, 0.25) is 0 Å². The van der Waals surface area contributed by atoms with Gasteiger partial charge in [-0.2, -0.15) is 0 Å². The SMILES string of the molecule is Cc1cnc(NCCCN2C(=O)[C@@H]3[C@H](C2=O)[C@H]2C=C[C@H]3C2)nc1C. The minimum absolute atomic E-state index is 0.0317. The average molecular weight is 326 g/mol. The van der Waals surface area contributed by atoms with Crippen LogP contribution in [-0.4, -0.2) is 39.8 Å². The maximum absolute atomic E-state index is 12.6. The summed E-state index contributed by atoms with van der Waals surface area (Å²) in [6.07, 6.45) is 7.72. The second kappa shape index (κ2) is 5.69. The molecule has 1 aromatic heterocycles. The topological polar surface area (TPSA) is 75.2 Å². The van der Waals surface area contributed by atoms with Crippen molar-refractivity contribution in [1.82, 2.24) is 14.9 Å². The van der Waals surface area contributed by atoms with Gasteiger partial charge in [0.15, 0.2) is 0 Å². The number of aromatic nitrogens is 2. The first-order valence-corrected chi connectivity index (χ1v) is 8.64. The molecule has 24 heavy (non-hydrogen) atoms. The van der Waals surface area contributed by atoms with Gasteiger partial charge < -0.3 is 5.32 Å². The Bertz CT molecular complexity index is 700. The molecule has 126 valence electrons. The van der Waals surface area contributed by atoms with E-state index < -0.39 is 0 Å². The molecule has 2 bridgehead atoms. The number of fused-ring (bicyclic) bond motifs is 5. The number of nitrogens with one attached hydrogen (secondary N) is 1. The van der Waals surface area contributed by atoms with Crippen LogP contribution in [0.15, 0.2) is 18.3 Å². The minimum atomic E-state index is -0.0939. The van der Waals surface area contributed by atoms with E-state index in [2.05, 4.69) is 27.4 Å². The normalized spacial score (nSPS) is 30.3. The molecule has 1 saturated carbocycles. The van der Waals surface area contributed by atoms with E-state index in [-0.39, 0.29) is 35.5 Å². The Morgan fingerprint density at radius 2 is 1.83 bits per heavy atom. The maximum atomic E-state index is 12.6. The molecule has 0 aromatic carbocycles. The van der Waals surface area contributed by atoms with E-state index in [1.54, 1.807) is 6.20 Å². The molecular weight excluding hydrogens is 304 g/mol. The third-order valence-corrected chi connectivity index (χ3v) is 5.63. The lowest BCUT2D eigenvalue weighted by Gasteiger charge is -2.17. The molecule has 0 radical (unpaired) electrons. The molecular formula is C18H22N4O2. The van der Waals surface area contributed by atoms with Crippen LogP contribution in [-0.2, 0) is 9.59 Å². The van der Waals surface area contributed by atoms with Crippen LogP contribution in [0, 0.1) is 37.5 Å². The maximum Gasteiger partial charge on any atom is 0.233 e. The molecule has 1 saturated heterocycles. The van der Waals surface area contributed by atoms with Crippen molar-refractivity contribution in [3.05, 3.63) is 29.6 Å². The van der Waals surface area contributed by atoms with E-state index >= 15 is 0 Å². The summed E-state index contributed by atoms with van der Waals surface area (Å²) in [5.74, 6) is 1.03. The summed E-state index contributed by atoms with van der Waals surface area (Å²) < 4.78 is 0. The third kappa shape index (κ3) is 2.32. The minimum Gasteiger partial charge on any atom is -0.354 e.